The molecule has 1 saturated heterocycles. The van der Waals surface area contributed by atoms with Crippen LogP contribution >= 0.6 is 0 Å². The first kappa shape index (κ1) is 17.4. The van der Waals surface area contributed by atoms with Crippen LogP contribution in [0.4, 0.5) is 0 Å². The van der Waals surface area contributed by atoms with Gasteiger partial charge in [0.1, 0.15) is 12.1 Å². The van der Waals surface area contributed by atoms with Gasteiger partial charge < -0.3 is 16.2 Å². The van der Waals surface area contributed by atoms with Gasteiger partial charge in [0.05, 0.1) is 6.04 Å². The van der Waals surface area contributed by atoms with Crippen molar-refractivity contribution in [2.45, 2.75) is 51.7 Å². The van der Waals surface area contributed by atoms with Crippen molar-refractivity contribution >= 4 is 17.8 Å². The zero-order chi connectivity index (χ0) is 16.2. The van der Waals surface area contributed by atoms with Gasteiger partial charge in [-0.2, -0.15) is 0 Å². The van der Waals surface area contributed by atoms with Crippen LogP contribution in [0.2, 0.25) is 0 Å². The molecule has 0 bridgehead atoms. The molecule has 1 fully saturated rings. The minimum absolute atomic E-state index is 0.0307. The predicted molar refractivity (Wildman–Crippen MR) is 75.9 cm³/mol. The summed E-state index contributed by atoms with van der Waals surface area (Å²) in [5.41, 5.74) is 8.38. The predicted octanol–water partition coefficient (Wildman–Crippen LogP) is -0.945. The van der Waals surface area contributed by atoms with E-state index in [2.05, 4.69) is 10.7 Å². The van der Waals surface area contributed by atoms with E-state index in [0.29, 0.717) is 19.4 Å². The summed E-state index contributed by atoms with van der Waals surface area (Å²) >= 11 is 0. The van der Waals surface area contributed by atoms with Gasteiger partial charge in [0.15, 0.2) is 0 Å². The molecule has 3 atom stereocenters. The fourth-order valence-corrected chi connectivity index (χ4v) is 2.03. The molecule has 0 aromatic rings. The third-order valence-corrected chi connectivity index (χ3v) is 3.50. The van der Waals surface area contributed by atoms with Gasteiger partial charge in [-0.3, -0.25) is 19.4 Å². The maximum absolute atomic E-state index is 12.2. The number of aliphatic carboxylic acids is 1. The molecule has 0 saturated carbocycles. The Morgan fingerprint density at radius 3 is 2.48 bits per heavy atom. The van der Waals surface area contributed by atoms with Gasteiger partial charge in [-0.15, -0.1) is 0 Å². The van der Waals surface area contributed by atoms with Gasteiger partial charge in [0.2, 0.25) is 5.91 Å². The van der Waals surface area contributed by atoms with Crippen molar-refractivity contribution in [1.82, 2.24) is 15.8 Å². The number of rotatable bonds is 5. The van der Waals surface area contributed by atoms with Gasteiger partial charge in [0.25, 0.3) is 5.91 Å². The number of nitrogens with zero attached hydrogens (tertiary/aromatic N) is 1. The summed E-state index contributed by atoms with van der Waals surface area (Å²) in [7, 11) is 0. The highest BCUT2D eigenvalue weighted by atomic mass is 16.4. The summed E-state index contributed by atoms with van der Waals surface area (Å²) in [6.07, 6.45) is 1.07. The third-order valence-electron chi connectivity index (χ3n) is 3.50. The van der Waals surface area contributed by atoms with Gasteiger partial charge in [-0.05, 0) is 25.7 Å². The number of carbonyl (C=O) groups is 3. The van der Waals surface area contributed by atoms with E-state index in [-0.39, 0.29) is 11.8 Å². The first-order valence-electron chi connectivity index (χ1n) is 7.10. The number of nitrogens with two attached hydrogens (primary N) is 1. The first-order valence-corrected chi connectivity index (χ1v) is 7.10. The molecular weight excluding hydrogens is 276 g/mol. The summed E-state index contributed by atoms with van der Waals surface area (Å²) in [4.78, 5) is 35.0. The Hall–Kier alpha value is -1.67. The Labute approximate surface area is 124 Å². The van der Waals surface area contributed by atoms with E-state index < -0.39 is 30.0 Å². The number of hydrogen-bond donors (Lipinski definition) is 4. The van der Waals surface area contributed by atoms with Crippen molar-refractivity contribution in [2.75, 3.05) is 6.54 Å². The largest absolute Gasteiger partial charge is 0.480 e. The van der Waals surface area contributed by atoms with Crippen LogP contribution in [-0.4, -0.2) is 52.6 Å². The second-order valence-electron chi connectivity index (χ2n) is 5.65. The maximum Gasteiger partial charge on any atom is 0.322 e. The molecule has 0 aromatic heterocycles. The van der Waals surface area contributed by atoms with Crippen LogP contribution in [0, 0.1) is 5.92 Å². The van der Waals surface area contributed by atoms with Crippen LogP contribution < -0.4 is 16.5 Å². The highest BCUT2D eigenvalue weighted by molar-refractivity contribution is 5.89. The van der Waals surface area contributed by atoms with Gasteiger partial charge in [0, 0.05) is 6.54 Å². The lowest BCUT2D eigenvalue weighted by Gasteiger charge is -2.33. The minimum atomic E-state index is -0.994. The van der Waals surface area contributed by atoms with E-state index in [4.69, 9.17) is 10.8 Å². The lowest BCUT2D eigenvalue weighted by atomic mass is 10.0. The Kier molecular flexibility index (Phi) is 6.10. The molecule has 0 aromatic carbocycles. The second kappa shape index (κ2) is 7.37. The van der Waals surface area contributed by atoms with Crippen molar-refractivity contribution in [2.24, 2.45) is 11.7 Å². The number of nitrogens with one attached hydrogen (secondary N) is 2. The lowest BCUT2D eigenvalue weighted by molar-refractivity contribution is -0.148. The van der Waals surface area contributed by atoms with Gasteiger partial charge in [-0.1, -0.05) is 13.8 Å². The van der Waals surface area contributed by atoms with Crippen LogP contribution in [0.1, 0.15) is 33.6 Å². The summed E-state index contributed by atoms with van der Waals surface area (Å²) in [6, 6.07) is -2.22. The number of carboxylic acids is 1. The average molecular weight is 300 g/mol. The first-order chi connectivity index (χ1) is 9.73. The Morgan fingerprint density at radius 2 is 1.95 bits per heavy atom. The number of carbonyl (C=O) groups excluding carboxylic acids is 2. The average Bonchev–Trinajstić information content (AvgIpc) is 2.45. The van der Waals surface area contributed by atoms with Crippen LogP contribution in [0.25, 0.3) is 0 Å². The summed E-state index contributed by atoms with van der Waals surface area (Å²) < 4.78 is 0. The third kappa shape index (κ3) is 4.68. The molecular formula is C13H24N4O4. The monoisotopic (exact) mass is 300 g/mol. The molecule has 8 heteroatoms. The van der Waals surface area contributed by atoms with E-state index in [9.17, 15) is 14.4 Å². The van der Waals surface area contributed by atoms with Crippen molar-refractivity contribution in [3.63, 3.8) is 0 Å². The number of carboxylic acid groups (broad SMARTS) is 1. The normalized spacial score (nSPS) is 21.8. The fraction of sp³-hybridized carbons (Fsp3) is 0.769. The Balaban J connectivity index is 2.57. The molecule has 1 unspecified atom stereocenters. The van der Waals surface area contributed by atoms with Crippen LogP contribution in [-0.2, 0) is 14.4 Å². The van der Waals surface area contributed by atoms with E-state index in [0.717, 1.165) is 0 Å². The summed E-state index contributed by atoms with van der Waals surface area (Å²) in [5, 5.41) is 12.8. The highest BCUT2D eigenvalue weighted by Crippen LogP contribution is 2.09. The molecule has 5 N–H and O–H groups in total. The van der Waals surface area contributed by atoms with E-state index in [1.165, 1.54) is 5.01 Å². The van der Waals surface area contributed by atoms with Crippen molar-refractivity contribution in [3.05, 3.63) is 0 Å². The fourth-order valence-electron chi connectivity index (χ4n) is 2.03. The Bertz CT molecular complexity index is 413. The Morgan fingerprint density at radius 1 is 1.33 bits per heavy atom. The minimum Gasteiger partial charge on any atom is -0.480 e. The van der Waals surface area contributed by atoms with E-state index in [1.807, 2.05) is 13.8 Å². The van der Waals surface area contributed by atoms with Crippen molar-refractivity contribution in [3.8, 4) is 0 Å². The molecule has 1 aliphatic rings. The van der Waals surface area contributed by atoms with Crippen LogP contribution in [0.5, 0.6) is 0 Å². The molecule has 2 amide bonds. The van der Waals surface area contributed by atoms with Gasteiger partial charge in [-0.25, -0.2) is 5.43 Å². The molecule has 1 heterocycles. The van der Waals surface area contributed by atoms with Crippen LogP contribution in [0.15, 0.2) is 0 Å². The molecule has 1 rings (SSSR count). The standard InChI is InChI=1S/C13H24N4O4/c1-7(2)10(14)11(18)15-8(3)12(19)17-6-4-5-9(16-17)13(20)21/h7-10,16H,4-6,14H2,1-3H3,(H,15,18)(H,20,21)/t8-,9?,10-/m0/s1. The second-order valence-corrected chi connectivity index (χ2v) is 5.65. The molecule has 1 aliphatic heterocycles. The number of hydrazine groups is 1. The number of amides is 2. The van der Waals surface area contributed by atoms with Crippen molar-refractivity contribution < 1.29 is 19.5 Å². The maximum atomic E-state index is 12.2. The van der Waals surface area contributed by atoms with Crippen molar-refractivity contribution in [1.29, 1.82) is 0 Å². The number of hydrogen-bond acceptors (Lipinski definition) is 5. The summed E-state index contributed by atoms with van der Waals surface area (Å²) in [6.45, 7) is 5.61. The quantitative estimate of drug-likeness (QED) is 0.519. The lowest BCUT2D eigenvalue weighted by Crippen LogP contribution is -2.60. The molecule has 0 aliphatic carbocycles. The summed E-state index contributed by atoms with van der Waals surface area (Å²) in [5.74, 6) is -1.79. The molecule has 0 spiro atoms. The zero-order valence-corrected chi connectivity index (χ0v) is 12.6. The van der Waals surface area contributed by atoms with Crippen LogP contribution in [0.3, 0.4) is 0 Å². The van der Waals surface area contributed by atoms with E-state index >= 15 is 0 Å². The molecule has 21 heavy (non-hydrogen) atoms. The zero-order valence-electron chi connectivity index (χ0n) is 12.6. The molecule has 8 nitrogen and oxygen atoms in total. The van der Waals surface area contributed by atoms with E-state index in [1.54, 1.807) is 6.92 Å². The molecule has 120 valence electrons. The smallest absolute Gasteiger partial charge is 0.322 e. The highest BCUT2D eigenvalue weighted by Gasteiger charge is 2.31. The molecule has 0 radical (unpaired) electrons. The van der Waals surface area contributed by atoms with Gasteiger partial charge >= 0.3 is 5.97 Å². The topological polar surface area (TPSA) is 125 Å². The SMILES string of the molecule is CC(C)[C@H](N)C(=O)N[C@@H](C)C(=O)N1CCCC(C(=O)O)N1.